The Bertz CT molecular complexity index is 507. The summed E-state index contributed by atoms with van der Waals surface area (Å²) in [6.07, 6.45) is 5.80. The summed E-state index contributed by atoms with van der Waals surface area (Å²) in [6.45, 7) is 1.17. The number of hydrogen-bond acceptors (Lipinski definition) is 3. The second-order valence-corrected chi connectivity index (χ2v) is 4.40. The molecule has 0 amide bonds. The maximum atomic E-state index is 9.36. The van der Waals surface area contributed by atoms with E-state index in [2.05, 4.69) is 14.5 Å². The highest BCUT2D eigenvalue weighted by atomic mass is 16.3. The molecule has 4 heteroatoms. The van der Waals surface area contributed by atoms with Gasteiger partial charge in [-0.05, 0) is 25.0 Å². The maximum absolute atomic E-state index is 9.36. The minimum absolute atomic E-state index is 0.202. The van der Waals surface area contributed by atoms with Crippen molar-refractivity contribution >= 4 is 0 Å². The molecule has 1 aliphatic rings. The number of rotatable bonds is 2. The Labute approximate surface area is 100.0 Å². The van der Waals surface area contributed by atoms with Gasteiger partial charge in [0.05, 0.1) is 6.61 Å². The molecule has 0 fully saturated rings. The van der Waals surface area contributed by atoms with Crippen molar-refractivity contribution in [2.24, 2.45) is 0 Å². The van der Waals surface area contributed by atoms with Gasteiger partial charge in [0.2, 0.25) is 0 Å². The summed E-state index contributed by atoms with van der Waals surface area (Å²) in [5, 5.41) is 9.36. The smallest absolute Gasteiger partial charge is 0.158 e. The van der Waals surface area contributed by atoms with Gasteiger partial charge in [0, 0.05) is 30.6 Å². The van der Waals surface area contributed by atoms with E-state index in [0.29, 0.717) is 0 Å². The number of aliphatic hydroxyl groups excluding tert-OH is 1. The van der Waals surface area contributed by atoms with Crippen molar-refractivity contribution in [1.82, 2.24) is 14.5 Å². The van der Waals surface area contributed by atoms with Crippen LogP contribution >= 0.6 is 0 Å². The second-order valence-electron chi connectivity index (χ2n) is 4.40. The Hall–Kier alpha value is -1.68. The highest BCUT2D eigenvalue weighted by molar-refractivity contribution is 5.50. The molecule has 3 rings (SSSR count). The van der Waals surface area contributed by atoms with Crippen molar-refractivity contribution in [3.05, 3.63) is 36.3 Å². The van der Waals surface area contributed by atoms with Crippen LogP contribution in [0, 0.1) is 0 Å². The quantitative estimate of drug-likeness (QED) is 0.854. The Kier molecular flexibility index (Phi) is 2.65. The van der Waals surface area contributed by atoms with E-state index in [-0.39, 0.29) is 12.5 Å². The second kappa shape index (κ2) is 4.30. The molecule has 0 aliphatic carbocycles. The lowest BCUT2D eigenvalue weighted by Gasteiger charge is -2.23. The Morgan fingerprint density at radius 2 is 2.29 bits per heavy atom. The third kappa shape index (κ3) is 1.74. The fourth-order valence-electron chi connectivity index (χ4n) is 2.48. The summed E-state index contributed by atoms with van der Waals surface area (Å²) in [4.78, 5) is 8.79. The molecule has 1 aliphatic heterocycles. The van der Waals surface area contributed by atoms with Gasteiger partial charge in [-0.25, -0.2) is 4.98 Å². The van der Waals surface area contributed by atoms with Crippen LogP contribution in [0.2, 0.25) is 0 Å². The van der Waals surface area contributed by atoms with E-state index in [9.17, 15) is 5.11 Å². The van der Waals surface area contributed by atoms with Crippen LogP contribution in [0.1, 0.15) is 24.5 Å². The predicted molar refractivity (Wildman–Crippen MR) is 64.5 cm³/mol. The lowest BCUT2D eigenvalue weighted by molar-refractivity contribution is 0.241. The van der Waals surface area contributed by atoms with Crippen molar-refractivity contribution in [2.75, 3.05) is 6.61 Å². The third-order valence-corrected chi connectivity index (χ3v) is 3.35. The first-order chi connectivity index (χ1) is 8.40. The largest absolute Gasteiger partial charge is 0.396 e. The molecule has 0 saturated carbocycles. The molecule has 3 heterocycles. The molecule has 0 bridgehead atoms. The topological polar surface area (TPSA) is 50.9 Å². The first-order valence-electron chi connectivity index (χ1n) is 5.98. The first-order valence-corrected chi connectivity index (χ1v) is 5.98. The van der Waals surface area contributed by atoms with Gasteiger partial charge in [-0.15, -0.1) is 0 Å². The van der Waals surface area contributed by atoms with Crippen LogP contribution in [0.25, 0.3) is 11.5 Å². The fourth-order valence-corrected chi connectivity index (χ4v) is 2.48. The highest BCUT2D eigenvalue weighted by Gasteiger charge is 2.23. The van der Waals surface area contributed by atoms with Crippen molar-refractivity contribution < 1.29 is 5.11 Å². The molecule has 0 radical (unpaired) electrons. The minimum atomic E-state index is 0.202. The molecule has 2 aromatic heterocycles. The number of aromatic nitrogens is 3. The minimum Gasteiger partial charge on any atom is -0.396 e. The van der Waals surface area contributed by atoms with Crippen LogP contribution in [0.3, 0.4) is 0 Å². The molecule has 88 valence electrons. The molecular weight excluding hydrogens is 214 g/mol. The summed E-state index contributed by atoms with van der Waals surface area (Å²) in [5.41, 5.74) is 2.04. The SMILES string of the molecule is OCC1CCCn2c1cnc2-c1ccccn1. The fraction of sp³-hybridized carbons (Fsp3) is 0.385. The van der Waals surface area contributed by atoms with Crippen LogP contribution in [0.5, 0.6) is 0 Å². The van der Waals surface area contributed by atoms with E-state index >= 15 is 0 Å². The van der Waals surface area contributed by atoms with Crippen molar-refractivity contribution in [3.63, 3.8) is 0 Å². The van der Waals surface area contributed by atoms with E-state index < -0.39 is 0 Å². The summed E-state index contributed by atoms with van der Waals surface area (Å²) < 4.78 is 2.19. The monoisotopic (exact) mass is 229 g/mol. The highest BCUT2D eigenvalue weighted by Crippen LogP contribution is 2.30. The van der Waals surface area contributed by atoms with Gasteiger partial charge in [0.1, 0.15) is 5.69 Å². The van der Waals surface area contributed by atoms with Crippen molar-refractivity contribution in [3.8, 4) is 11.5 Å². The van der Waals surface area contributed by atoms with Gasteiger partial charge >= 0.3 is 0 Å². The Morgan fingerprint density at radius 1 is 1.35 bits per heavy atom. The zero-order valence-corrected chi connectivity index (χ0v) is 9.58. The molecule has 1 unspecified atom stereocenters. The van der Waals surface area contributed by atoms with Crippen LogP contribution in [-0.2, 0) is 6.54 Å². The zero-order valence-electron chi connectivity index (χ0n) is 9.58. The van der Waals surface area contributed by atoms with E-state index in [4.69, 9.17) is 0 Å². The average molecular weight is 229 g/mol. The normalized spacial score (nSPS) is 19.0. The summed E-state index contributed by atoms with van der Waals surface area (Å²) in [7, 11) is 0. The molecule has 2 aromatic rings. The molecule has 17 heavy (non-hydrogen) atoms. The van der Waals surface area contributed by atoms with Gasteiger partial charge in [-0.2, -0.15) is 0 Å². The van der Waals surface area contributed by atoms with Crippen LogP contribution < -0.4 is 0 Å². The molecule has 0 aromatic carbocycles. The van der Waals surface area contributed by atoms with Crippen LogP contribution in [0.15, 0.2) is 30.6 Å². The number of aliphatic hydroxyl groups is 1. The summed E-state index contributed by atoms with van der Waals surface area (Å²) in [5.74, 6) is 1.15. The van der Waals surface area contributed by atoms with Crippen molar-refractivity contribution in [2.45, 2.75) is 25.3 Å². The van der Waals surface area contributed by atoms with E-state index in [1.807, 2.05) is 24.4 Å². The van der Waals surface area contributed by atoms with Gasteiger partial charge in [0.25, 0.3) is 0 Å². The van der Waals surface area contributed by atoms with Gasteiger partial charge in [0.15, 0.2) is 5.82 Å². The number of pyridine rings is 1. The lowest BCUT2D eigenvalue weighted by Crippen LogP contribution is -2.18. The number of nitrogens with zero attached hydrogens (tertiary/aromatic N) is 3. The van der Waals surface area contributed by atoms with Gasteiger partial charge in [-0.1, -0.05) is 6.07 Å². The molecule has 1 N–H and O–H groups in total. The van der Waals surface area contributed by atoms with Gasteiger partial charge < -0.3 is 9.67 Å². The van der Waals surface area contributed by atoms with Crippen LogP contribution in [0.4, 0.5) is 0 Å². The molecule has 1 atom stereocenters. The average Bonchev–Trinajstić information content (AvgIpc) is 2.83. The standard InChI is InChI=1S/C13H15N3O/c17-9-10-4-3-7-16-12(10)8-15-13(16)11-5-1-2-6-14-11/h1-2,5-6,8,10,17H,3-4,7,9H2. The molecule has 0 spiro atoms. The van der Waals surface area contributed by atoms with E-state index in [1.165, 1.54) is 0 Å². The zero-order chi connectivity index (χ0) is 11.7. The maximum Gasteiger partial charge on any atom is 0.158 e. The van der Waals surface area contributed by atoms with Gasteiger partial charge in [-0.3, -0.25) is 4.98 Å². The van der Waals surface area contributed by atoms with E-state index in [0.717, 1.165) is 36.6 Å². The summed E-state index contributed by atoms with van der Waals surface area (Å²) in [6, 6.07) is 5.84. The summed E-state index contributed by atoms with van der Waals surface area (Å²) >= 11 is 0. The van der Waals surface area contributed by atoms with Crippen LogP contribution in [-0.4, -0.2) is 26.2 Å². The Morgan fingerprint density at radius 3 is 3.06 bits per heavy atom. The third-order valence-electron chi connectivity index (χ3n) is 3.35. The Balaban J connectivity index is 2.06. The molecule has 0 saturated heterocycles. The van der Waals surface area contributed by atoms with E-state index in [1.54, 1.807) is 6.20 Å². The first kappa shape index (κ1) is 10.5. The molecular formula is C13H15N3O. The number of fused-ring (bicyclic) bond motifs is 1. The lowest BCUT2D eigenvalue weighted by atomic mass is 9.97. The number of imidazole rings is 1. The predicted octanol–water partition coefficient (Wildman–Crippen LogP) is 1.81. The molecule has 4 nitrogen and oxygen atoms in total. The number of hydrogen-bond donors (Lipinski definition) is 1. The van der Waals surface area contributed by atoms with Crippen molar-refractivity contribution in [1.29, 1.82) is 0 Å².